The van der Waals surface area contributed by atoms with E-state index in [1.807, 2.05) is 6.92 Å². The van der Waals surface area contributed by atoms with E-state index in [1.165, 1.54) is 0 Å². The molecule has 1 aromatic carbocycles. The number of nitrogens with one attached hydrogen (secondary N) is 2. The molecular formula is C15H22ClN3O2. The lowest BCUT2D eigenvalue weighted by Crippen LogP contribution is -2.16. The summed E-state index contributed by atoms with van der Waals surface area (Å²) in [5.41, 5.74) is 7.18. The van der Waals surface area contributed by atoms with E-state index in [1.54, 1.807) is 18.2 Å². The van der Waals surface area contributed by atoms with Crippen molar-refractivity contribution in [2.24, 2.45) is 11.7 Å². The Balaban J connectivity index is 0.00000220. The van der Waals surface area contributed by atoms with Crippen LogP contribution in [-0.2, 0) is 4.79 Å². The van der Waals surface area contributed by atoms with Gasteiger partial charge < -0.3 is 16.4 Å². The summed E-state index contributed by atoms with van der Waals surface area (Å²) < 4.78 is 0. The maximum atomic E-state index is 11.9. The Morgan fingerprint density at radius 2 is 2.19 bits per heavy atom. The Hall–Kier alpha value is -1.59. The molecule has 1 aliphatic heterocycles. The van der Waals surface area contributed by atoms with Crippen molar-refractivity contribution < 1.29 is 9.59 Å². The number of halogens is 1. The van der Waals surface area contributed by atoms with Crippen molar-refractivity contribution in [3.63, 3.8) is 0 Å². The highest BCUT2D eigenvalue weighted by atomic mass is 35.5. The maximum Gasteiger partial charge on any atom is 0.249 e. The fourth-order valence-electron chi connectivity index (χ4n) is 2.48. The van der Waals surface area contributed by atoms with Gasteiger partial charge in [0, 0.05) is 17.7 Å². The molecule has 116 valence electrons. The minimum absolute atomic E-state index is 0. The normalized spacial score (nSPS) is 17.1. The fourth-order valence-corrected chi connectivity index (χ4v) is 2.48. The Kier molecular flexibility index (Phi) is 6.65. The molecule has 0 saturated carbocycles. The first-order valence-corrected chi connectivity index (χ1v) is 6.97. The van der Waals surface area contributed by atoms with E-state index in [2.05, 4.69) is 10.6 Å². The van der Waals surface area contributed by atoms with Crippen LogP contribution in [0.1, 0.15) is 35.2 Å². The van der Waals surface area contributed by atoms with Crippen LogP contribution in [0, 0.1) is 12.8 Å². The average Bonchev–Trinajstić information content (AvgIpc) is 2.91. The van der Waals surface area contributed by atoms with E-state index in [4.69, 9.17) is 5.73 Å². The van der Waals surface area contributed by atoms with Gasteiger partial charge in [-0.25, -0.2) is 0 Å². The van der Waals surface area contributed by atoms with Crippen LogP contribution in [0.15, 0.2) is 18.2 Å². The van der Waals surface area contributed by atoms with Crippen LogP contribution in [-0.4, -0.2) is 24.9 Å². The number of anilines is 1. The van der Waals surface area contributed by atoms with E-state index in [-0.39, 0.29) is 18.3 Å². The predicted molar refractivity (Wildman–Crippen MR) is 85.8 cm³/mol. The molecule has 5 nitrogen and oxygen atoms in total. The Bertz CT molecular complexity index is 514. The first kappa shape index (κ1) is 17.5. The molecule has 2 rings (SSSR count). The first-order valence-electron chi connectivity index (χ1n) is 6.97. The van der Waals surface area contributed by atoms with Crippen LogP contribution in [0.2, 0.25) is 0 Å². The molecule has 0 aliphatic carbocycles. The number of aryl methyl sites for hydroxylation is 1. The summed E-state index contributed by atoms with van der Waals surface area (Å²) in [5.74, 6) is 0.103. The summed E-state index contributed by atoms with van der Waals surface area (Å²) in [5, 5.41) is 6.11. The highest BCUT2D eigenvalue weighted by Gasteiger charge is 2.16. The third-order valence-corrected chi connectivity index (χ3v) is 3.73. The topological polar surface area (TPSA) is 84.2 Å². The number of carbonyl (C=O) groups excluding carboxylic acids is 2. The van der Waals surface area contributed by atoms with Gasteiger partial charge in [-0.2, -0.15) is 0 Å². The van der Waals surface area contributed by atoms with Crippen LogP contribution in [0.25, 0.3) is 0 Å². The second kappa shape index (κ2) is 8.00. The maximum absolute atomic E-state index is 11.9. The molecule has 21 heavy (non-hydrogen) atoms. The molecule has 2 amide bonds. The summed E-state index contributed by atoms with van der Waals surface area (Å²) in [6, 6.07) is 5.21. The molecule has 0 radical (unpaired) electrons. The zero-order valence-corrected chi connectivity index (χ0v) is 13.0. The van der Waals surface area contributed by atoms with Crippen molar-refractivity contribution in [2.45, 2.75) is 26.2 Å². The highest BCUT2D eigenvalue weighted by molar-refractivity contribution is 5.97. The number of benzene rings is 1. The van der Waals surface area contributed by atoms with Crippen molar-refractivity contribution in [2.75, 3.05) is 18.4 Å². The lowest BCUT2D eigenvalue weighted by atomic mass is 10.0. The number of nitrogens with two attached hydrogens (primary N) is 1. The average molecular weight is 312 g/mol. The van der Waals surface area contributed by atoms with E-state index in [0.29, 0.717) is 23.6 Å². The molecule has 1 atom stereocenters. The molecule has 0 aromatic heterocycles. The van der Waals surface area contributed by atoms with Crippen molar-refractivity contribution >= 4 is 29.9 Å². The second-order valence-corrected chi connectivity index (χ2v) is 5.34. The van der Waals surface area contributed by atoms with Gasteiger partial charge in [0.15, 0.2) is 0 Å². The van der Waals surface area contributed by atoms with Crippen LogP contribution >= 0.6 is 12.4 Å². The summed E-state index contributed by atoms with van der Waals surface area (Å²) in [6.07, 6.45) is 2.54. The number of amides is 2. The van der Waals surface area contributed by atoms with Crippen molar-refractivity contribution in [3.05, 3.63) is 29.3 Å². The Morgan fingerprint density at radius 3 is 2.81 bits per heavy atom. The lowest BCUT2D eigenvalue weighted by Gasteiger charge is -2.10. The fraction of sp³-hybridized carbons (Fsp3) is 0.467. The van der Waals surface area contributed by atoms with E-state index in [9.17, 15) is 9.59 Å². The number of carbonyl (C=O) groups is 2. The second-order valence-electron chi connectivity index (χ2n) is 5.34. The minimum Gasteiger partial charge on any atom is -0.366 e. The van der Waals surface area contributed by atoms with Gasteiger partial charge in [-0.15, -0.1) is 12.4 Å². The predicted octanol–water partition coefficient (Wildman–Crippen LogP) is 1.84. The molecule has 0 bridgehead atoms. The molecule has 6 heteroatoms. The quantitative estimate of drug-likeness (QED) is 0.776. The standard InChI is InChI=1S/C15H21N3O2.ClH/c1-10-2-4-12(8-13(10)15(16)20)18-14(19)5-3-11-6-7-17-9-11;/h2,4,8,11,17H,3,5-7,9H2,1H3,(H2,16,20)(H,18,19);1H. The molecule has 1 unspecified atom stereocenters. The molecule has 1 aliphatic rings. The van der Waals surface area contributed by atoms with Gasteiger partial charge in [-0.3, -0.25) is 9.59 Å². The van der Waals surface area contributed by atoms with Gasteiger partial charge in [0.2, 0.25) is 11.8 Å². The van der Waals surface area contributed by atoms with Gasteiger partial charge in [-0.1, -0.05) is 6.07 Å². The summed E-state index contributed by atoms with van der Waals surface area (Å²) in [4.78, 5) is 23.1. The lowest BCUT2D eigenvalue weighted by molar-refractivity contribution is -0.116. The summed E-state index contributed by atoms with van der Waals surface area (Å²) in [7, 11) is 0. The number of hydrogen-bond acceptors (Lipinski definition) is 3. The van der Waals surface area contributed by atoms with E-state index >= 15 is 0 Å². The number of rotatable bonds is 5. The van der Waals surface area contributed by atoms with E-state index in [0.717, 1.165) is 31.5 Å². The highest BCUT2D eigenvalue weighted by Crippen LogP contribution is 2.17. The monoisotopic (exact) mass is 311 g/mol. The molecule has 0 spiro atoms. The third kappa shape index (κ3) is 5.02. The minimum atomic E-state index is -0.476. The zero-order valence-electron chi connectivity index (χ0n) is 12.1. The number of primary amides is 1. The smallest absolute Gasteiger partial charge is 0.249 e. The van der Waals surface area contributed by atoms with Gasteiger partial charge in [0.25, 0.3) is 0 Å². The van der Waals surface area contributed by atoms with Crippen LogP contribution in [0.3, 0.4) is 0 Å². The van der Waals surface area contributed by atoms with Gasteiger partial charge >= 0.3 is 0 Å². The number of hydrogen-bond donors (Lipinski definition) is 3. The van der Waals surface area contributed by atoms with Crippen LogP contribution in [0.5, 0.6) is 0 Å². The van der Waals surface area contributed by atoms with Crippen molar-refractivity contribution in [3.8, 4) is 0 Å². The van der Waals surface area contributed by atoms with Crippen LogP contribution in [0.4, 0.5) is 5.69 Å². The molecule has 1 heterocycles. The van der Waals surface area contributed by atoms with Crippen molar-refractivity contribution in [1.82, 2.24) is 5.32 Å². The summed E-state index contributed by atoms with van der Waals surface area (Å²) >= 11 is 0. The largest absolute Gasteiger partial charge is 0.366 e. The molecule has 1 saturated heterocycles. The third-order valence-electron chi connectivity index (χ3n) is 3.73. The summed E-state index contributed by atoms with van der Waals surface area (Å²) in [6.45, 7) is 3.87. The van der Waals surface area contributed by atoms with Gasteiger partial charge in [0.1, 0.15) is 0 Å². The zero-order chi connectivity index (χ0) is 14.5. The van der Waals surface area contributed by atoms with Crippen LogP contribution < -0.4 is 16.4 Å². The first-order chi connectivity index (χ1) is 9.56. The van der Waals surface area contributed by atoms with Gasteiger partial charge in [0.05, 0.1) is 0 Å². The molecular weight excluding hydrogens is 290 g/mol. The Labute approximate surface area is 131 Å². The van der Waals surface area contributed by atoms with Gasteiger partial charge in [-0.05, 0) is 56.5 Å². The molecule has 1 fully saturated rings. The van der Waals surface area contributed by atoms with Crippen molar-refractivity contribution in [1.29, 1.82) is 0 Å². The Morgan fingerprint density at radius 1 is 1.43 bits per heavy atom. The van der Waals surface area contributed by atoms with E-state index < -0.39 is 5.91 Å². The molecule has 4 N–H and O–H groups in total. The molecule has 1 aromatic rings. The SMILES string of the molecule is Cc1ccc(NC(=O)CCC2CCNC2)cc1C(N)=O.Cl.